The number of carbonyl (C=O) groups is 2. The number of pyridine rings is 1. The standard InChI is InChI=1S/C18H15F2N7O6S/c1-6-13(26(30)31)17(27(32)33)24-25(6)5-10(28)23-12-11-8(7-2-3-7)4-9(15(19)20)22-18(11)34-14(12)16(21)29/h4,7,15H,2-3,5H2,1H3,(H2,21,29)(H,23,28). The highest BCUT2D eigenvalue weighted by Crippen LogP contribution is 2.48. The number of anilines is 1. The fourth-order valence-electron chi connectivity index (χ4n) is 3.59. The number of fused-ring (bicyclic) bond motifs is 1. The monoisotopic (exact) mass is 495 g/mol. The molecule has 1 fully saturated rings. The average Bonchev–Trinajstić information content (AvgIpc) is 3.45. The molecular weight excluding hydrogens is 480 g/mol. The first-order valence-electron chi connectivity index (χ1n) is 9.70. The zero-order valence-corrected chi connectivity index (χ0v) is 18.1. The van der Waals surface area contributed by atoms with E-state index in [1.165, 1.54) is 13.0 Å². The minimum Gasteiger partial charge on any atom is -0.365 e. The van der Waals surface area contributed by atoms with Crippen molar-refractivity contribution in [2.45, 2.75) is 38.7 Å². The molecule has 0 spiro atoms. The molecule has 3 aromatic heterocycles. The predicted molar refractivity (Wildman–Crippen MR) is 114 cm³/mol. The Morgan fingerprint density at radius 2 is 2.00 bits per heavy atom. The van der Waals surface area contributed by atoms with Gasteiger partial charge in [0.15, 0.2) is 0 Å². The number of aromatic nitrogens is 3. The van der Waals surface area contributed by atoms with Crippen LogP contribution in [0.2, 0.25) is 0 Å². The number of halogens is 2. The fraction of sp³-hybridized carbons (Fsp3) is 0.333. The molecule has 1 aliphatic rings. The first kappa shape index (κ1) is 23.1. The van der Waals surface area contributed by atoms with Crippen LogP contribution in [0.4, 0.5) is 26.0 Å². The van der Waals surface area contributed by atoms with Crippen molar-refractivity contribution in [2.75, 3.05) is 5.32 Å². The van der Waals surface area contributed by atoms with Crippen molar-refractivity contribution in [2.24, 2.45) is 5.73 Å². The minimum atomic E-state index is -2.84. The summed E-state index contributed by atoms with van der Waals surface area (Å²) in [6.45, 7) is 0.540. The van der Waals surface area contributed by atoms with Gasteiger partial charge < -0.3 is 21.2 Å². The Hall–Kier alpha value is -4.08. The number of thiophene rings is 1. The molecule has 0 saturated heterocycles. The number of nitrogens with two attached hydrogens (primary N) is 1. The maximum atomic E-state index is 13.3. The highest BCUT2D eigenvalue weighted by atomic mass is 32.1. The normalized spacial score (nSPS) is 13.4. The van der Waals surface area contributed by atoms with E-state index in [0.29, 0.717) is 10.9 Å². The highest BCUT2D eigenvalue weighted by molar-refractivity contribution is 7.21. The lowest BCUT2D eigenvalue weighted by Gasteiger charge is -2.10. The quantitative estimate of drug-likeness (QED) is 0.352. The summed E-state index contributed by atoms with van der Waals surface area (Å²) in [6, 6.07) is 1.24. The van der Waals surface area contributed by atoms with Gasteiger partial charge in [-0.15, -0.1) is 11.3 Å². The lowest BCUT2D eigenvalue weighted by molar-refractivity contribution is -0.424. The van der Waals surface area contributed by atoms with Gasteiger partial charge in [-0.2, -0.15) is 4.68 Å². The smallest absolute Gasteiger partial charge is 0.365 e. The van der Waals surface area contributed by atoms with E-state index < -0.39 is 51.8 Å². The summed E-state index contributed by atoms with van der Waals surface area (Å²) >= 11 is 0.754. The molecule has 0 bridgehead atoms. The SMILES string of the molecule is Cc1c([N+](=O)[O-])c([N+](=O)[O-])nn1CC(=O)Nc1c(C(N)=O)sc2nc(C(F)F)cc(C3CC3)c12. The van der Waals surface area contributed by atoms with Crippen LogP contribution in [0, 0.1) is 27.2 Å². The molecule has 4 rings (SSSR count). The van der Waals surface area contributed by atoms with E-state index in [1.807, 2.05) is 0 Å². The molecule has 0 aliphatic heterocycles. The van der Waals surface area contributed by atoms with Crippen molar-refractivity contribution >= 4 is 50.6 Å². The second-order valence-electron chi connectivity index (χ2n) is 7.54. The molecule has 0 radical (unpaired) electrons. The van der Waals surface area contributed by atoms with Gasteiger partial charge in [0.25, 0.3) is 12.3 Å². The number of nitro groups is 2. The van der Waals surface area contributed by atoms with Gasteiger partial charge in [-0.25, -0.2) is 13.8 Å². The molecule has 2 amide bonds. The molecule has 0 atom stereocenters. The first-order valence-corrected chi connectivity index (χ1v) is 10.5. The number of hydrogen-bond donors (Lipinski definition) is 2. The fourth-order valence-corrected chi connectivity index (χ4v) is 4.62. The number of nitrogens with zero attached hydrogens (tertiary/aromatic N) is 5. The van der Waals surface area contributed by atoms with Crippen LogP contribution in [0.3, 0.4) is 0 Å². The van der Waals surface area contributed by atoms with E-state index in [4.69, 9.17) is 5.73 Å². The maximum absolute atomic E-state index is 13.3. The van der Waals surface area contributed by atoms with Crippen molar-refractivity contribution in [3.8, 4) is 0 Å². The Labute approximate surface area is 191 Å². The minimum absolute atomic E-state index is 0.0125. The van der Waals surface area contributed by atoms with Crippen LogP contribution in [-0.4, -0.2) is 36.4 Å². The Morgan fingerprint density at radius 1 is 1.32 bits per heavy atom. The number of nitrogens with one attached hydrogen (secondary N) is 1. The van der Waals surface area contributed by atoms with Crippen LogP contribution in [0.25, 0.3) is 10.2 Å². The molecule has 0 unspecified atom stereocenters. The van der Waals surface area contributed by atoms with Crippen LogP contribution in [0.5, 0.6) is 0 Å². The van der Waals surface area contributed by atoms with Crippen LogP contribution in [0.1, 0.15) is 51.8 Å². The summed E-state index contributed by atoms with van der Waals surface area (Å²) in [5.74, 6) is -2.81. The van der Waals surface area contributed by atoms with E-state index in [0.717, 1.165) is 28.9 Å². The Kier molecular flexibility index (Phi) is 5.68. The van der Waals surface area contributed by atoms with E-state index in [9.17, 15) is 38.6 Å². The number of primary amides is 1. The molecule has 16 heteroatoms. The highest BCUT2D eigenvalue weighted by Gasteiger charge is 2.36. The Morgan fingerprint density at radius 3 is 2.50 bits per heavy atom. The second-order valence-corrected chi connectivity index (χ2v) is 8.54. The van der Waals surface area contributed by atoms with Crippen molar-refractivity contribution in [1.29, 1.82) is 0 Å². The Bertz CT molecular complexity index is 1380. The molecule has 3 heterocycles. The van der Waals surface area contributed by atoms with Gasteiger partial charge in [-0.05, 0) is 42.2 Å². The molecule has 34 heavy (non-hydrogen) atoms. The molecule has 0 aromatic carbocycles. The van der Waals surface area contributed by atoms with Crippen LogP contribution >= 0.6 is 11.3 Å². The van der Waals surface area contributed by atoms with Gasteiger partial charge in [-0.1, -0.05) is 0 Å². The zero-order chi connectivity index (χ0) is 24.9. The number of carbonyl (C=O) groups excluding carboxylic acids is 2. The largest absolute Gasteiger partial charge is 0.468 e. The van der Waals surface area contributed by atoms with Gasteiger partial charge in [0, 0.05) is 5.39 Å². The molecule has 3 aromatic rings. The number of rotatable bonds is 8. The summed E-state index contributed by atoms with van der Waals surface area (Å²) < 4.78 is 27.5. The van der Waals surface area contributed by atoms with Crippen LogP contribution < -0.4 is 11.1 Å². The number of hydrogen-bond acceptors (Lipinski definition) is 9. The van der Waals surface area contributed by atoms with Gasteiger partial charge in [0.1, 0.15) is 27.6 Å². The van der Waals surface area contributed by atoms with Gasteiger partial charge in [-0.3, -0.25) is 19.7 Å². The molecule has 3 N–H and O–H groups in total. The summed E-state index contributed by atoms with van der Waals surface area (Å²) in [5.41, 5.74) is 4.39. The van der Waals surface area contributed by atoms with E-state index in [1.54, 1.807) is 0 Å². The summed E-state index contributed by atoms with van der Waals surface area (Å²) in [6.07, 6.45) is -1.37. The van der Waals surface area contributed by atoms with Crippen LogP contribution in [-0.2, 0) is 11.3 Å². The lowest BCUT2D eigenvalue weighted by atomic mass is 10.0. The molecule has 13 nitrogen and oxygen atoms in total. The van der Waals surface area contributed by atoms with E-state index >= 15 is 0 Å². The van der Waals surface area contributed by atoms with Crippen molar-refractivity contribution in [3.63, 3.8) is 0 Å². The third-order valence-electron chi connectivity index (χ3n) is 5.25. The molecule has 1 aliphatic carbocycles. The zero-order valence-electron chi connectivity index (χ0n) is 17.3. The van der Waals surface area contributed by atoms with Crippen molar-refractivity contribution in [3.05, 3.63) is 48.1 Å². The molecular formula is C18H15F2N7O6S. The predicted octanol–water partition coefficient (Wildman–Crippen LogP) is 3.17. The summed E-state index contributed by atoms with van der Waals surface area (Å²) in [7, 11) is 0. The summed E-state index contributed by atoms with van der Waals surface area (Å²) in [4.78, 5) is 49.0. The first-order chi connectivity index (χ1) is 16.0. The average molecular weight is 495 g/mol. The van der Waals surface area contributed by atoms with E-state index in [2.05, 4.69) is 15.4 Å². The van der Waals surface area contributed by atoms with Gasteiger partial charge >= 0.3 is 11.5 Å². The topological polar surface area (TPSA) is 189 Å². The van der Waals surface area contributed by atoms with E-state index in [-0.39, 0.29) is 27.0 Å². The summed E-state index contributed by atoms with van der Waals surface area (Å²) in [5, 5.41) is 28.6. The van der Waals surface area contributed by atoms with Crippen molar-refractivity contribution in [1.82, 2.24) is 14.8 Å². The van der Waals surface area contributed by atoms with Gasteiger partial charge in [0.05, 0.1) is 15.7 Å². The second kappa shape index (κ2) is 8.36. The van der Waals surface area contributed by atoms with Crippen molar-refractivity contribution < 1.29 is 28.2 Å². The lowest BCUT2D eigenvalue weighted by Crippen LogP contribution is -2.22. The molecule has 1 saturated carbocycles. The third kappa shape index (κ3) is 4.02. The Balaban J connectivity index is 1.75. The number of alkyl halides is 2. The van der Waals surface area contributed by atoms with Crippen LogP contribution in [0.15, 0.2) is 6.07 Å². The van der Waals surface area contributed by atoms with Gasteiger partial charge in [0.2, 0.25) is 5.91 Å². The third-order valence-corrected chi connectivity index (χ3v) is 6.35. The number of amides is 2. The molecule has 178 valence electrons. The maximum Gasteiger partial charge on any atom is 0.468 e.